The quantitative estimate of drug-likeness (QED) is 0.699. The Morgan fingerprint density at radius 1 is 0.944 bits per heavy atom. The van der Waals surface area contributed by atoms with Gasteiger partial charge in [-0.1, -0.05) is 15.9 Å². The molecule has 0 fully saturated rings. The van der Waals surface area contributed by atoms with Crippen molar-refractivity contribution in [2.24, 2.45) is 0 Å². The van der Waals surface area contributed by atoms with Crippen molar-refractivity contribution in [3.8, 4) is 0 Å². The van der Waals surface area contributed by atoms with E-state index in [9.17, 15) is 13.2 Å². The van der Waals surface area contributed by atoms with Crippen LogP contribution in [0.4, 0.5) is 13.2 Å². The average Bonchev–Trinajstić information content (AvgIpc) is 2.34. The zero-order chi connectivity index (χ0) is 13.1. The standard InChI is InChI=1S/C13H8BrF3S/c14-11-3-1-9(15)5-8(11)7-18-10-2-4-12(16)13(17)6-10/h1-6H,7H2. The fourth-order valence-corrected chi connectivity index (χ4v) is 2.87. The van der Waals surface area contributed by atoms with Crippen LogP contribution >= 0.6 is 27.7 Å². The first-order chi connectivity index (χ1) is 8.56. The highest BCUT2D eigenvalue weighted by Crippen LogP contribution is 2.28. The van der Waals surface area contributed by atoms with E-state index >= 15 is 0 Å². The first-order valence-corrected chi connectivity index (χ1v) is 6.86. The van der Waals surface area contributed by atoms with Gasteiger partial charge in [0.2, 0.25) is 0 Å². The van der Waals surface area contributed by atoms with Crippen LogP contribution in [0.15, 0.2) is 45.8 Å². The fourth-order valence-electron chi connectivity index (χ4n) is 1.38. The number of benzene rings is 2. The minimum absolute atomic E-state index is 0.320. The lowest BCUT2D eigenvalue weighted by Gasteiger charge is -2.05. The average molecular weight is 333 g/mol. The van der Waals surface area contributed by atoms with Gasteiger partial charge in [0.05, 0.1) is 0 Å². The first-order valence-electron chi connectivity index (χ1n) is 5.08. The van der Waals surface area contributed by atoms with Gasteiger partial charge in [0.25, 0.3) is 0 Å². The van der Waals surface area contributed by atoms with E-state index in [0.717, 1.165) is 22.2 Å². The highest BCUT2D eigenvalue weighted by atomic mass is 79.9. The Bertz CT molecular complexity index is 572. The van der Waals surface area contributed by atoms with Crippen LogP contribution in [0, 0.1) is 17.5 Å². The van der Waals surface area contributed by atoms with Crippen LogP contribution in [0.25, 0.3) is 0 Å². The molecule has 0 N–H and O–H groups in total. The number of hydrogen-bond acceptors (Lipinski definition) is 1. The van der Waals surface area contributed by atoms with E-state index in [1.54, 1.807) is 6.07 Å². The molecule has 2 rings (SSSR count). The van der Waals surface area contributed by atoms with E-state index in [1.165, 1.54) is 30.0 Å². The van der Waals surface area contributed by atoms with Gasteiger partial charge in [0, 0.05) is 15.1 Å². The summed E-state index contributed by atoms with van der Waals surface area (Å²) in [6.45, 7) is 0. The van der Waals surface area contributed by atoms with Crippen LogP contribution in [0.1, 0.15) is 5.56 Å². The maximum absolute atomic E-state index is 13.1. The van der Waals surface area contributed by atoms with Gasteiger partial charge >= 0.3 is 0 Å². The molecule has 0 saturated heterocycles. The van der Waals surface area contributed by atoms with Gasteiger partial charge in [-0.3, -0.25) is 0 Å². The second-order valence-corrected chi connectivity index (χ2v) is 5.50. The summed E-state index contributed by atoms with van der Waals surface area (Å²) in [5.41, 5.74) is 0.768. The highest BCUT2D eigenvalue weighted by Gasteiger charge is 2.06. The van der Waals surface area contributed by atoms with Crippen LogP contribution < -0.4 is 0 Å². The van der Waals surface area contributed by atoms with Crippen molar-refractivity contribution in [1.29, 1.82) is 0 Å². The topological polar surface area (TPSA) is 0 Å². The maximum atomic E-state index is 13.1. The van der Waals surface area contributed by atoms with Gasteiger partial charge < -0.3 is 0 Å². The summed E-state index contributed by atoms with van der Waals surface area (Å²) in [5.74, 6) is -1.59. The Morgan fingerprint density at radius 3 is 2.44 bits per heavy atom. The third-order valence-corrected chi connectivity index (χ3v) is 4.11. The lowest BCUT2D eigenvalue weighted by molar-refractivity contribution is 0.506. The van der Waals surface area contributed by atoms with Crippen LogP contribution in [-0.4, -0.2) is 0 Å². The molecule has 0 unspecified atom stereocenters. The molecule has 0 aliphatic carbocycles. The molecule has 0 amide bonds. The molecule has 0 bridgehead atoms. The summed E-state index contributed by atoms with van der Waals surface area (Å²) in [5, 5.41) is 0. The van der Waals surface area contributed by atoms with E-state index in [-0.39, 0.29) is 5.82 Å². The molecule has 5 heteroatoms. The van der Waals surface area contributed by atoms with Crippen molar-refractivity contribution in [1.82, 2.24) is 0 Å². The smallest absolute Gasteiger partial charge is 0.159 e. The summed E-state index contributed by atoms with van der Waals surface area (Å²) < 4.78 is 39.6. The number of halogens is 4. The number of hydrogen-bond donors (Lipinski definition) is 0. The predicted octanol–water partition coefficient (Wildman–Crippen LogP) is 5.16. The third kappa shape index (κ3) is 3.29. The Balaban J connectivity index is 2.11. The maximum Gasteiger partial charge on any atom is 0.159 e. The van der Waals surface area contributed by atoms with Crippen molar-refractivity contribution in [2.75, 3.05) is 0 Å². The van der Waals surface area contributed by atoms with E-state index in [2.05, 4.69) is 15.9 Å². The van der Waals surface area contributed by atoms with Crippen LogP contribution in [0.5, 0.6) is 0 Å². The summed E-state index contributed by atoms with van der Waals surface area (Å²) >= 11 is 4.63. The molecule has 2 aromatic rings. The molecule has 0 radical (unpaired) electrons. The summed E-state index contributed by atoms with van der Waals surface area (Å²) in [7, 11) is 0. The lowest BCUT2D eigenvalue weighted by Crippen LogP contribution is -1.87. The summed E-state index contributed by atoms with van der Waals surface area (Å²) in [6, 6.07) is 8.10. The summed E-state index contributed by atoms with van der Waals surface area (Å²) in [6.07, 6.45) is 0. The van der Waals surface area contributed by atoms with E-state index in [1.807, 2.05) is 0 Å². The van der Waals surface area contributed by atoms with Crippen molar-refractivity contribution in [2.45, 2.75) is 10.6 Å². The molecular weight excluding hydrogens is 325 g/mol. The molecule has 0 spiro atoms. The number of thioether (sulfide) groups is 1. The largest absolute Gasteiger partial charge is 0.207 e. The minimum atomic E-state index is -0.877. The predicted molar refractivity (Wildman–Crippen MR) is 70.0 cm³/mol. The van der Waals surface area contributed by atoms with Gasteiger partial charge in [-0.25, -0.2) is 13.2 Å². The van der Waals surface area contributed by atoms with Gasteiger partial charge in [0.15, 0.2) is 11.6 Å². The molecule has 0 atom stereocenters. The summed E-state index contributed by atoms with van der Waals surface area (Å²) in [4.78, 5) is 0.602. The molecular formula is C13H8BrF3S. The second kappa shape index (κ2) is 5.80. The Labute approximate surface area is 115 Å². The Hall–Kier alpha value is -0.940. The molecule has 18 heavy (non-hydrogen) atoms. The normalized spacial score (nSPS) is 10.7. The molecule has 0 heterocycles. The fraction of sp³-hybridized carbons (Fsp3) is 0.0769. The Morgan fingerprint density at radius 2 is 1.72 bits per heavy atom. The molecule has 0 aromatic heterocycles. The van der Waals surface area contributed by atoms with E-state index in [0.29, 0.717) is 10.6 Å². The molecule has 0 aliphatic rings. The van der Waals surface area contributed by atoms with Crippen molar-refractivity contribution in [3.63, 3.8) is 0 Å². The molecule has 94 valence electrons. The van der Waals surface area contributed by atoms with Crippen LogP contribution in [0.3, 0.4) is 0 Å². The molecule has 2 aromatic carbocycles. The highest BCUT2D eigenvalue weighted by molar-refractivity contribution is 9.10. The second-order valence-electron chi connectivity index (χ2n) is 3.60. The monoisotopic (exact) mass is 332 g/mol. The van der Waals surface area contributed by atoms with Crippen molar-refractivity contribution >= 4 is 27.7 Å². The van der Waals surface area contributed by atoms with Gasteiger partial charge in [0.1, 0.15) is 5.82 Å². The minimum Gasteiger partial charge on any atom is -0.207 e. The van der Waals surface area contributed by atoms with Gasteiger partial charge in [-0.15, -0.1) is 11.8 Å². The SMILES string of the molecule is Fc1ccc(Br)c(CSc2ccc(F)c(F)c2)c1. The Kier molecular flexibility index (Phi) is 4.35. The van der Waals surface area contributed by atoms with Crippen molar-refractivity contribution < 1.29 is 13.2 Å². The number of rotatable bonds is 3. The first kappa shape index (κ1) is 13.5. The van der Waals surface area contributed by atoms with E-state index in [4.69, 9.17) is 0 Å². The van der Waals surface area contributed by atoms with E-state index < -0.39 is 11.6 Å². The third-order valence-electron chi connectivity index (χ3n) is 2.29. The zero-order valence-corrected chi connectivity index (χ0v) is 11.5. The van der Waals surface area contributed by atoms with Crippen LogP contribution in [0.2, 0.25) is 0 Å². The lowest BCUT2D eigenvalue weighted by atomic mass is 10.2. The molecule has 0 aliphatic heterocycles. The molecule has 0 nitrogen and oxygen atoms in total. The van der Waals surface area contributed by atoms with Crippen LogP contribution in [-0.2, 0) is 5.75 Å². The van der Waals surface area contributed by atoms with Gasteiger partial charge in [-0.2, -0.15) is 0 Å². The van der Waals surface area contributed by atoms with Gasteiger partial charge in [-0.05, 0) is 42.0 Å². The zero-order valence-electron chi connectivity index (χ0n) is 9.09. The molecule has 0 saturated carbocycles. The van der Waals surface area contributed by atoms with Crippen molar-refractivity contribution in [3.05, 3.63) is 63.9 Å².